The van der Waals surface area contributed by atoms with Crippen LogP contribution in [0, 0.1) is 15.9 Å². The Kier molecular flexibility index (Phi) is 4.26. The van der Waals surface area contributed by atoms with Crippen LogP contribution >= 0.6 is 0 Å². The van der Waals surface area contributed by atoms with E-state index in [0.717, 1.165) is 42.8 Å². The number of non-ortho nitro benzene ring substituents is 1. The molecular formula is C18H18FN5O2. The van der Waals surface area contributed by atoms with E-state index in [1.54, 1.807) is 30.5 Å². The summed E-state index contributed by atoms with van der Waals surface area (Å²) < 4.78 is 14.9. The molecule has 8 heteroatoms. The van der Waals surface area contributed by atoms with Crippen LogP contribution < -0.4 is 4.90 Å². The first kappa shape index (κ1) is 16.5. The summed E-state index contributed by atoms with van der Waals surface area (Å²) in [7, 11) is 0. The highest BCUT2D eigenvalue weighted by molar-refractivity contribution is 5.81. The quantitative estimate of drug-likeness (QED) is 0.532. The summed E-state index contributed by atoms with van der Waals surface area (Å²) in [4.78, 5) is 15.0. The van der Waals surface area contributed by atoms with E-state index in [1.165, 1.54) is 18.2 Å². The van der Waals surface area contributed by atoms with Crippen molar-refractivity contribution in [2.45, 2.75) is 6.67 Å². The summed E-state index contributed by atoms with van der Waals surface area (Å²) in [5, 5.41) is 16.0. The van der Waals surface area contributed by atoms with Crippen molar-refractivity contribution in [3.8, 4) is 0 Å². The van der Waals surface area contributed by atoms with Gasteiger partial charge in [0.1, 0.15) is 5.82 Å². The van der Waals surface area contributed by atoms with Gasteiger partial charge < -0.3 is 4.90 Å². The van der Waals surface area contributed by atoms with Gasteiger partial charge in [0, 0.05) is 49.4 Å². The zero-order chi connectivity index (χ0) is 18.1. The first-order valence-corrected chi connectivity index (χ1v) is 8.43. The van der Waals surface area contributed by atoms with Gasteiger partial charge >= 0.3 is 0 Å². The number of nitro benzene ring substituents is 1. The van der Waals surface area contributed by atoms with Crippen LogP contribution in [0.25, 0.3) is 10.9 Å². The summed E-state index contributed by atoms with van der Waals surface area (Å²) >= 11 is 0. The van der Waals surface area contributed by atoms with Crippen LogP contribution in [0.4, 0.5) is 15.8 Å². The second-order valence-corrected chi connectivity index (χ2v) is 6.37. The Bertz CT molecular complexity index is 932. The number of nitro groups is 1. The first-order chi connectivity index (χ1) is 12.6. The van der Waals surface area contributed by atoms with Crippen LogP contribution in [0.5, 0.6) is 0 Å². The van der Waals surface area contributed by atoms with Crippen molar-refractivity contribution in [2.75, 3.05) is 31.1 Å². The van der Waals surface area contributed by atoms with Gasteiger partial charge in [0.15, 0.2) is 0 Å². The van der Waals surface area contributed by atoms with E-state index in [0.29, 0.717) is 6.67 Å². The Morgan fingerprint density at radius 3 is 2.50 bits per heavy atom. The van der Waals surface area contributed by atoms with E-state index in [4.69, 9.17) is 0 Å². The molecule has 0 amide bonds. The average Bonchev–Trinajstić information content (AvgIpc) is 3.05. The number of hydrogen-bond donors (Lipinski definition) is 0. The third-order valence-corrected chi connectivity index (χ3v) is 4.73. The van der Waals surface area contributed by atoms with Crippen LogP contribution in [0.1, 0.15) is 0 Å². The number of hydrogen-bond acceptors (Lipinski definition) is 5. The largest absolute Gasteiger partial charge is 0.369 e. The van der Waals surface area contributed by atoms with Crippen molar-refractivity contribution in [2.24, 2.45) is 0 Å². The summed E-state index contributed by atoms with van der Waals surface area (Å²) in [6.07, 6.45) is 1.66. The normalized spacial score (nSPS) is 15.5. The van der Waals surface area contributed by atoms with Crippen molar-refractivity contribution >= 4 is 22.3 Å². The Balaban J connectivity index is 1.42. The minimum Gasteiger partial charge on any atom is -0.369 e. The molecule has 26 heavy (non-hydrogen) atoms. The van der Waals surface area contributed by atoms with Crippen molar-refractivity contribution in [1.82, 2.24) is 14.7 Å². The lowest BCUT2D eigenvalue weighted by Gasteiger charge is -2.36. The molecule has 0 N–H and O–H groups in total. The number of rotatable bonds is 4. The molecule has 7 nitrogen and oxygen atoms in total. The molecule has 0 atom stereocenters. The average molecular weight is 355 g/mol. The topological polar surface area (TPSA) is 67.4 Å². The van der Waals surface area contributed by atoms with Gasteiger partial charge in [0.05, 0.1) is 23.3 Å². The van der Waals surface area contributed by atoms with E-state index in [-0.39, 0.29) is 11.5 Å². The summed E-state index contributed by atoms with van der Waals surface area (Å²) in [5.74, 6) is -0.224. The van der Waals surface area contributed by atoms with Gasteiger partial charge in [-0.15, -0.1) is 0 Å². The molecule has 1 saturated heterocycles. The third kappa shape index (κ3) is 3.23. The van der Waals surface area contributed by atoms with Crippen LogP contribution in [0.3, 0.4) is 0 Å². The molecule has 1 fully saturated rings. The molecule has 1 aromatic heterocycles. The standard InChI is InChI=1S/C18H18FN5O2/c19-15-1-3-16(4-2-15)22-9-7-21(8-10-22)13-23-18-6-5-17(24(25)26)11-14(18)12-20-23/h1-6,11-12H,7-10,13H2. The lowest BCUT2D eigenvalue weighted by Crippen LogP contribution is -2.46. The molecule has 2 aromatic carbocycles. The zero-order valence-corrected chi connectivity index (χ0v) is 14.1. The first-order valence-electron chi connectivity index (χ1n) is 8.43. The van der Waals surface area contributed by atoms with Crippen molar-refractivity contribution in [3.05, 3.63) is 64.6 Å². The second-order valence-electron chi connectivity index (χ2n) is 6.37. The lowest BCUT2D eigenvalue weighted by molar-refractivity contribution is -0.384. The second kappa shape index (κ2) is 6.72. The fourth-order valence-electron chi connectivity index (χ4n) is 3.29. The minimum absolute atomic E-state index is 0.0740. The Labute approximate surface area is 149 Å². The molecule has 0 spiro atoms. The van der Waals surface area contributed by atoms with Gasteiger partial charge in [-0.3, -0.25) is 19.7 Å². The molecule has 4 rings (SSSR count). The zero-order valence-electron chi connectivity index (χ0n) is 14.1. The fourth-order valence-corrected chi connectivity index (χ4v) is 3.29. The Hall–Kier alpha value is -3.00. The van der Waals surface area contributed by atoms with Gasteiger partial charge in [-0.1, -0.05) is 0 Å². The predicted octanol–water partition coefficient (Wildman–Crippen LogP) is 2.86. The van der Waals surface area contributed by atoms with Crippen molar-refractivity contribution in [3.63, 3.8) is 0 Å². The molecular weight excluding hydrogens is 337 g/mol. The highest BCUT2D eigenvalue weighted by Gasteiger charge is 2.18. The van der Waals surface area contributed by atoms with Gasteiger partial charge in [0.2, 0.25) is 0 Å². The van der Waals surface area contributed by atoms with Gasteiger partial charge in [-0.25, -0.2) is 4.39 Å². The molecule has 2 heterocycles. The molecule has 1 aliphatic heterocycles. The van der Waals surface area contributed by atoms with Crippen LogP contribution in [-0.4, -0.2) is 45.8 Å². The highest BCUT2D eigenvalue weighted by Crippen LogP contribution is 2.21. The number of piperazine rings is 1. The summed E-state index contributed by atoms with van der Waals surface area (Å²) in [6.45, 7) is 4.09. The number of fused-ring (bicyclic) bond motifs is 1. The van der Waals surface area contributed by atoms with E-state index >= 15 is 0 Å². The Morgan fingerprint density at radius 1 is 1.08 bits per heavy atom. The van der Waals surface area contributed by atoms with Crippen LogP contribution in [0.15, 0.2) is 48.7 Å². The van der Waals surface area contributed by atoms with Gasteiger partial charge in [-0.2, -0.15) is 5.10 Å². The van der Waals surface area contributed by atoms with Crippen LogP contribution in [-0.2, 0) is 6.67 Å². The van der Waals surface area contributed by atoms with E-state index in [2.05, 4.69) is 14.9 Å². The van der Waals surface area contributed by atoms with E-state index < -0.39 is 4.92 Å². The molecule has 0 saturated carbocycles. The molecule has 0 aliphatic carbocycles. The molecule has 0 unspecified atom stereocenters. The fraction of sp³-hybridized carbons (Fsp3) is 0.278. The summed E-state index contributed by atoms with van der Waals surface area (Å²) in [6, 6.07) is 11.4. The number of nitrogens with zero attached hydrogens (tertiary/aromatic N) is 5. The summed E-state index contributed by atoms with van der Waals surface area (Å²) in [5.41, 5.74) is 1.99. The molecule has 0 bridgehead atoms. The molecule has 3 aromatic rings. The van der Waals surface area contributed by atoms with Gasteiger partial charge in [-0.05, 0) is 30.3 Å². The SMILES string of the molecule is O=[N+]([O-])c1ccc2c(cnn2CN2CCN(c3ccc(F)cc3)CC2)c1. The monoisotopic (exact) mass is 355 g/mol. The molecule has 0 radical (unpaired) electrons. The molecule has 1 aliphatic rings. The third-order valence-electron chi connectivity index (χ3n) is 4.73. The maximum absolute atomic E-state index is 13.1. The number of halogens is 1. The van der Waals surface area contributed by atoms with E-state index in [9.17, 15) is 14.5 Å². The van der Waals surface area contributed by atoms with Crippen LogP contribution in [0.2, 0.25) is 0 Å². The number of anilines is 1. The highest BCUT2D eigenvalue weighted by atomic mass is 19.1. The maximum atomic E-state index is 13.1. The smallest absolute Gasteiger partial charge is 0.270 e. The number of aromatic nitrogens is 2. The van der Waals surface area contributed by atoms with Gasteiger partial charge in [0.25, 0.3) is 5.69 Å². The lowest BCUT2D eigenvalue weighted by atomic mass is 10.2. The van der Waals surface area contributed by atoms with E-state index in [1.807, 2.05) is 4.68 Å². The predicted molar refractivity (Wildman–Crippen MR) is 96.6 cm³/mol. The van der Waals surface area contributed by atoms with Crippen molar-refractivity contribution in [1.29, 1.82) is 0 Å². The molecule has 134 valence electrons. The minimum atomic E-state index is -0.397. The number of benzene rings is 2. The van der Waals surface area contributed by atoms with Crippen molar-refractivity contribution < 1.29 is 9.31 Å². The maximum Gasteiger partial charge on any atom is 0.270 e. The Morgan fingerprint density at radius 2 is 1.81 bits per heavy atom.